The van der Waals surface area contributed by atoms with Crippen molar-refractivity contribution in [3.8, 4) is 17.4 Å². The molecule has 4 rings (SSSR count). The number of carbonyl (C=O) groups is 1. The predicted octanol–water partition coefficient (Wildman–Crippen LogP) is 4.50. The van der Waals surface area contributed by atoms with E-state index in [1.54, 1.807) is 35.0 Å². The lowest BCUT2D eigenvalue weighted by Crippen LogP contribution is -2.40. The van der Waals surface area contributed by atoms with Crippen LogP contribution in [0.25, 0.3) is 5.82 Å². The summed E-state index contributed by atoms with van der Waals surface area (Å²) in [5, 5.41) is 11.5. The van der Waals surface area contributed by atoms with Gasteiger partial charge in [0.25, 0.3) is 0 Å². The fourth-order valence-electron chi connectivity index (χ4n) is 3.75. The van der Waals surface area contributed by atoms with E-state index < -0.39 is 0 Å². The summed E-state index contributed by atoms with van der Waals surface area (Å²) < 4.78 is 9.36. The predicted molar refractivity (Wildman–Crippen MR) is 129 cm³/mol. The van der Waals surface area contributed by atoms with Gasteiger partial charge in [0, 0.05) is 38.3 Å². The van der Waals surface area contributed by atoms with Crippen molar-refractivity contribution in [1.29, 1.82) is 0 Å². The highest BCUT2D eigenvalue weighted by molar-refractivity contribution is 7.99. The molecule has 0 spiro atoms. The largest absolute Gasteiger partial charge is 0.493 e. The highest BCUT2D eigenvalue weighted by atomic mass is 32.2. The van der Waals surface area contributed by atoms with Gasteiger partial charge >= 0.3 is 6.09 Å². The number of nitrogens with zero attached hydrogens (tertiary/aromatic N) is 5. The molecule has 0 unspecified atom stereocenters. The van der Waals surface area contributed by atoms with Crippen LogP contribution in [0.5, 0.6) is 11.6 Å². The van der Waals surface area contributed by atoms with Crippen LogP contribution in [-0.4, -0.2) is 59.0 Å². The molecule has 4 heterocycles. The van der Waals surface area contributed by atoms with Gasteiger partial charge in [0.15, 0.2) is 15.7 Å². The second kappa shape index (κ2) is 10.0. The Labute approximate surface area is 201 Å². The van der Waals surface area contributed by atoms with Crippen LogP contribution in [0.3, 0.4) is 0 Å². The van der Waals surface area contributed by atoms with Crippen molar-refractivity contribution in [3.05, 3.63) is 41.2 Å². The lowest BCUT2D eigenvalue weighted by molar-refractivity contribution is 0.133. The van der Waals surface area contributed by atoms with Gasteiger partial charge in [0.1, 0.15) is 5.82 Å². The van der Waals surface area contributed by atoms with E-state index in [9.17, 15) is 9.90 Å². The molecule has 3 aromatic heterocycles. The molecule has 1 amide bonds. The van der Waals surface area contributed by atoms with Crippen LogP contribution in [0.2, 0.25) is 0 Å². The summed E-state index contributed by atoms with van der Waals surface area (Å²) in [6, 6.07) is 3.32. The number of aromatic hydroxyl groups is 1. The highest BCUT2D eigenvalue weighted by Gasteiger charge is 2.25. The molecule has 1 aliphatic rings. The minimum atomic E-state index is -0.372. The number of carbonyl (C=O) groups excluding carboxylic acids is 1. The first-order valence-electron chi connectivity index (χ1n) is 10.9. The number of aryl methyl sites for hydroxylation is 1. The topological polar surface area (TPSA) is 101 Å². The van der Waals surface area contributed by atoms with Crippen molar-refractivity contribution in [2.45, 2.75) is 37.8 Å². The van der Waals surface area contributed by atoms with E-state index in [1.807, 2.05) is 31.7 Å². The fraction of sp³-hybridized carbons (Fsp3) is 0.455. The molecule has 33 heavy (non-hydrogen) atoms. The first-order valence-corrected chi connectivity index (χ1v) is 12.3. The monoisotopic (exact) mass is 488 g/mol. The summed E-state index contributed by atoms with van der Waals surface area (Å²) in [5.41, 5.74) is 0.652. The summed E-state index contributed by atoms with van der Waals surface area (Å²) in [7, 11) is 1.99. The van der Waals surface area contributed by atoms with Crippen LogP contribution in [0.15, 0.2) is 35.9 Å². The van der Waals surface area contributed by atoms with E-state index in [4.69, 9.17) is 17.0 Å². The zero-order valence-corrected chi connectivity index (χ0v) is 20.5. The molecule has 0 bridgehead atoms. The standard InChI is InChI=1S/C22H28N6O3S2/c1-14(2)18-19(29)28(20(32)25-18)17-5-4-16(12-24-17)31-22(30)27-9-6-15(7-10-27)13-33-21-23-8-11-26(21)3/h4-5,8,11-12,14-15,29H,6-7,9-10,13H2,1-3H3,(H,25,32). The molecule has 1 saturated heterocycles. The number of pyridine rings is 1. The quantitative estimate of drug-likeness (QED) is 0.389. The maximum Gasteiger partial charge on any atom is 0.415 e. The Hall–Kier alpha value is -2.79. The number of rotatable bonds is 6. The number of thioether (sulfide) groups is 1. The molecule has 1 aliphatic heterocycles. The van der Waals surface area contributed by atoms with Crippen molar-refractivity contribution >= 4 is 30.1 Å². The lowest BCUT2D eigenvalue weighted by atomic mass is 9.99. The Morgan fingerprint density at radius 3 is 2.67 bits per heavy atom. The van der Waals surface area contributed by atoms with Crippen LogP contribution < -0.4 is 4.74 Å². The Bertz CT molecular complexity index is 1160. The van der Waals surface area contributed by atoms with Crippen LogP contribution in [0.4, 0.5) is 4.79 Å². The smallest absolute Gasteiger partial charge is 0.415 e. The number of ether oxygens (including phenoxy) is 1. The maximum atomic E-state index is 12.6. The molecule has 11 heteroatoms. The summed E-state index contributed by atoms with van der Waals surface area (Å²) in [6.45, 7) is 5.26. The summed E-state index contributed by atoms with van der Waals surface area (Å²) in [5.74, 6) is 2.47. The van der Waals surface area contributed by atoms with Gasteiger partial charge in [-0.3, -0.25) is 0 Å². The van der Waals surface area contributed by atoms with E-state index >= 15 is 0 Å². The molecule has 2 N–H and O–H groups in total. The second-order valence-electron chi connectivity index (χ2n) is 8.44. The minimum absolute atomic E-state index is 0.0381. The number of hydrogen-bond donors (Lipinski definition) is 2. The van der Waals surface area contributed by atoms with Crippen LogP contribution in [0, 0.1) is 10.7 Å². The van der Waals surface area contributed by atoms with Gasteiger partial charge in [-0.15, -0.1) is 0 Å². The number of piperidine rings is 1. The Morgan fingerprint density at radius 2 is 2.09 bits per heavy atom. The van der Waals surface area contributed by atoms with Crippen LogP contribution >= 0.6 is 24.0 Å². The van der Waals surface area contributed by atoms with E-state index in [0.29, 0.717) is 41.0 Å². The lowest BCUT2D eigenvalue weighted by Gasteiger charge is -2.30. The average Bonchev–Trinajstić information content (AvgIpc) is 3.35. The number of aromatic nitrogens is 5. The fourth-order valence-corrected chi connectivity index (χ4v) is 5.16. The van der Waals surface area contributed by atoms with Gasteiger partial charge < -0.3 is 24.3 Å². The Balaban J connectivity index is 1.31. The number of nitrogens with one attached hydrogen (secondary N) is 1. The van der Waals surface area contributed by atoms with Crippen molar-refractivity contribution in [1.82, 2.24) is 29.0 Å². The SMILES string of the molecule is CC(C)c1[nH]c(=S)n(-c2ccc(OC(=O)N3CCC(CSc4nccn4C)CC3)cn2)c1O. The third-order valence-corrected chi connectivity index (χ3v) is 7.30. The van der Waals surface area contributed by atoms with E-state index in [-0.39, 0.29) is 17.9 Å². The first kappa shape index (κ1) is 23.4. The van der Waals surface area contributed by atoms with Gasteiger partial charge in [-0.05, 0) is 49.0 Å². The van der Waals surface area contributed by atoms with Crippen molar-refractivity contribution < 1.29 is 14.6 Å². The molecule has 9 nitrogen and oxygen atoms in total. The second-order valence-corrected chi connectivity index (χ2v) is 9.81. The molecular formula is C22H28N6O3S2. The molecule has 0 radical (unpaired) electrons. The van der Waals surface area contributed by atoms with Crippen molar-refractivity contribution in [2.24, 2.45) is 13.0 Å². The molecule has 0 atom stereocenters. The van der Waals surface area contributed by atoms with Gasteiger partial charge in [0.2, 0.25) is 5.88 Å². The number of amides is 1. The zero-order chi connectivity index (χ0) is 23.5. The van der Waals surface area contributed by atoms with Gasteiger partial charge in [-0.25, -0.2) is 19.3 Å². The van der Waals surface area contributed by atoms with Crippen molar-refractivity contribution in [2.75, 3.05) is 18.8 Å². The van der Waals surface area contributed by atoms with E-state index in [0.717, 1.165) is 23.8 Å². The molecule has 0 saturated carbocycles. The van der Waals surface area contributed by atoms with E-state index in [2.05, 4.69) is 15.0 Å². The molecule has 1 fully saturated rings. The zero-order valence-electron chi connectivity index (χ0n) is 18.9. The summed E-state index contributed by atoms with van der Waals surface area (Å²) in [4.78, 5) is 26.0. The highest BCUT2D eigenvalue weighted by Crippen LogP contribution is 2.28. The number of likely N-dealkylation sites (tertiary alicyclic amines) is 1. The molecule has 3 aromatic rings. The molecule has 176 valence electrons. The van der Waals surface area contributed by atoms with Crippen molar-refractivity contribution in [3.63, 3.8) is 0 Å². The van der Waals surface area contributed by atoms with Gasteiger partial charge in [-0.1, -0.05) is 25.6 Å². The van der Waals surface area contributed by atoms with Gasteiger partial charge in [-0.2, -0.15) is 0 Å². The van der Waals surface area contributed by atoms with Crippen LogP contribution in [-0.2, 0) is 7.05 Å². The Kier molecular flexibility index (Phi) is 7.08. The maximum absolute atomic E-state index is 12.6. The number of hydrogen-bond acceptors (Lipinski definition) is 7. The average molecular weight is 489 g/mol. The van der Waals surface area contributed by atoms with Crippen LogP contribution in [0.1, 0.15) is 38.3 Å². The molecule has 0 aliphatic carbocycles. The Morgan fingerprint density at radius 1 is 1.33 bits per heavy atom. The number of imidazole rings is 2. The third-order valence-electron chi connectivity index (χ3n) is 5.73. The number of aromatic amines is 1. The molecule has 0 aromatic carbocycles. The molecular weight excluding hydrogens is 460 g/mol. The normalized spacial score (nSPS) is 14.7. The van der Waals surface area contributed by atoms with Gasteiger partial charge in [0.05, 0.1) is 11.9 Å². The number of H-pyrrole nitrogens is 1. The summed E-state index contributed by atoms with van der Waals surface area (Å²) >= 11 is 7.07. The summed E-state index contributed by atoms with van der Waals surface area (Å²) in [6.07, 6.45) is 6.72. The minimum Gasteiger partial charge on any atom is -0.493 e. The first-order chi connectivity index (χ1) is 15.8. The van der Waals surface area contributed by atoms with E-state index in [1.165, 1.54) is 10.8 Å². The third kappa shape index (κ3) is 5.25.